The first-order valence-electron chi connectivity index (χ1n) is 4.98. The average Bonchev–Trinajstić information content (AvgIpc) is 2.38. The van der Waals surface area contributed by atoms with Crippen LogP contribution < -0.4 is 0 Å². The van der Waals surface area contributed by atoms with E-state index in [0.29, 0.717) is 11.4 Å². The fraction of sp³-hybridized carbons (Fsp3) is 0.167. The number of aliphatic hydroxyl groups excluding tert-OH is 1. The summed E-state index contributed by atoms with van der Waals surface area (Å²) in [4.78, 5) is 9.14. The van der Waals surface area contributed by atoms with Crippen LogP contribution in [-0.4, -0.2) is 20.8 Å². The molecule has 0 radical (unpaired) electrons. The molecule has 2 rings (SSSR count). The van der Waals surface area contributed by atoms with Crippen LogP contribution in [-0.2, 0) is 0 Å². The SMILES string of the molecule is OC(CSc1ccccc1)c1cnccn1. The third-order valence-corrected chi connectivity index (χ3v) is 3.16. The molecule has 4 heteroatoms. The number of hydrogen-bond donors (Lipinski definition) is 1. The Balaban J connectivity index is 1.92. The summed E-state index contributed by atoms with van der Waals surface area (Å²) in [7, 11) is 0. The highest BCUT2D eigenvalue weighted by molar-refractivity contribution is 7.99. The van der Waals surface area contributed by atoms with Crippen LogP contribution in [0.3, 0.4) is 0 Å². The molecule has 0 saturated carbocycles. The summed E-state index contributed by atoms with van der Waals surface area (Å²) in [5, 5.41) is 9.86. The van der Waals surface area contributed by atoms with Gasteiger partial charge in [0.1, 0.15) is 6.10 Å². The Kier molecular flexibility index (Phi) is 3.91. The maximum absolute atomic E-state index is 9.86. The topological polar surface area (TPSA) is 46.0 Å². The minimum absolute atomic E-state index is 0.570. The molecule has 16 heavy (non-hydrogen) atoms. The smallest absolute Gasteiger partial charge is 0.107 e. The molecule has 1 heterocycles. The Morgan fingerprint density at radius 1 is 1.19 bits per heavy atom. The highest BCUT2D eigenvalue weighted by Gasteiger charge is 2.08. The van der Waals surface area contributed by atoms with E-state index in [9.17, 15) is 5.11 Å². The lowest BCUT2D eigenvalue weighted by Crippen LogP contribution is -2.03. The van der Waals surface area contributed by atoms with Crippen LogP contribution >= 0.6 is 11.8 Å². The van der Waals surface area contributed by atoms with Crippen LogP contribution in [0.2, 0.25) is 0 Å². The van der Waals surface area contributed by atoms with Crippen molar-refractivity contribution in [2.45, 2.75) is 11.0 Å². The molecule has 2 aromatic rings. The summed E-state index contributed by atoms with van der Waals surface area (Å²) in [6.07, 6.45) is 4.21. The fourth-order valence-corrected chi connectivity index (χ4v) is 2.13. The van der Waals surface area contributed by atoms with E-state index < -0.39 is 6.10 Å². The molecule has 3 nitrogen and oxygen atoms in total. The van der Waals surface area contributed by atoms with Crippen LogP contribution in [0.25, 0.3) is 0 Å². The van der Waals surface area contributed by atoms with Crippen LogP contribution in [0.5, 0.6) is 0 Å². The molecular formula is C12H12N2OS. The van der Waals surface area contributed by atoms with Gasteiger partial charge in [0.05, 0.1) is 11.9 Å². The fourth-order valence-electron chi connectivity index (χ4n) is 1.26. The summed E-state index contributed by atoms with van der Waals surface area (Å²) < 4.78 is 0. The van der Waals surface area contributed by atoms with Crippen LogP contribution in [0.1, 0.15) is 11.8 Å². The maximum Gasteiger partial charge on any atom is 0.107 e. The van der Waals surface area contributed by atoms with Crippen molar-refractivity contribution in [1.82, 2.24) is 9.97 Å². The van der Waals surface area contributed by atoms with Gasteiger partial charge in [-0.1, -0.05) is 18.2 Å². The zero-order valence-corrected chi connectivity index (χ0v) is 9.47. The highest BCUT2D eigenvalue weighted by atomic mass is 32.2. The van der Waals surface area contributed by atoms with E-state index in [1.165, 1.54) is 0 Å². The van der Waals surface area contributed by atoms with Gasteiger partial charge in [-0.2, -0.15) is 0 Å². The average molecular weight is 232 g/mol. The highest BCUT2D eigenvalue weighted by Crippen LogP contribution is 2.22. The van der Waals surface area contributed by atoms with Crippen molar-refractivity contribution in [2.24, 2.45) is 0 Å². The minimum Gasteiger partial charge on any atom is -0.386 e. The van der Waals surface area contributed by atoms with Gasteiger partial charge in [-0.3, -0.25) is 9.97 Å². The summed E-state index contributed by atoms with van der Waals surface area (Å²) in [6, 6.07) is 9.99. The molecule has 0 spiro atoms. The van der Waals surface area contributed by atoms with Gasteiger partial charge >= 0.3 is 0 Å². The van der Waals surface area contributed by atoms with Gasteiger partial charge in [0.15, 0.2) is 0 Å². The molecule has 0 aliphatic rings. The number of hydrogen-bond acceptors (Lipinski definition) is 4. The summed E-state index contributed by atoms with van der Waals surface area (Å²) in [6.45, 7) is 0. The number of thioether (sulfide) groups is 1. The number of aromatic nitrogens is 2. The molecule has 0 aliphatic carbocycles. The lowest BCUT2D eigenvalue weighted by molar-refractivity contribution is 0.198. The number of benzene rings is 1. The van der Waals surface area contributed by atoms with E-state index in [1.807, 2.05) is 30.3 Å². The first-order chi connectivity index (χ1) is 7.86. The molecular weight excluding hydrogens is 220 g/mol. The Hall–Kier alpha value is -1.39. The molecule has 0 aliphatic heterocycles. The van der Waals surface area contributed by atoms with Crippen molar-refractivity contribution in [2.75, 3.05) is 5.75 Å². The zero-order valence-electron chi connectivity index (χ0n) is 8.65. The van der Waals surface area contributed by atoms with E-state index in [0.717, 1.165) is 4.90 Å². The van der Waals surface area contributed by atoms with Gasteiger partial charge in [0, 0.05) is 23.0 Å². The lowest BCUT2D eigenvalue weighted by atomic mass is 10.3. The van der Waals surface area contributed by atoms with E-state index in [2.05, 4.69) is 9.97 Å². The second-order valence-electron chi connectivity index (χ2n) is 3.27. The second-order valence-corrected chi connectivity index (χ2v) is 4.36. The van der Waals surface area contributed by atoms with Crippen molar-refractivity contribution in [1.29, 1.82) is 0 Å². The lowest BCUT2D eigenvalue weighted by Gasteiger charge is -2.08. The summed E-state index contributed by atoms with van der Waals surface area (Å²) >= 11 is 1.61. The maximum atomic E-state index is 9.86. The number of rotatable bonds is 4. The van der Waals surface area contributed by atoms with Crippen LogP contribution in [0, 0.1) is 0 Å². The molecule has 0 fully saturated rings. The largest absolute Gasteiger partial charge is 0.386 e. The van der Waals surface area contributed by atoms with E-state index in [-0.39, 0.29) is 0 Å². The van der Waals surface area contributed by atoms with Crippen molar-refractivity contribution in [3.63, 3.8) is 0 Å². The molecule has 82 valence electrons. The van der Waals surface area contributed by atoms with Gasteiger partial charge in [-0.15, -0.1) is 11.8 Å². The van der Waals surface area contributed by atoms with Gasteiger partial charge in [-0.05, 0) is 12.1 Å². The normalized spacial score (nSPS) is 12.3. The van der Waals surface area contributed by atoms with E-state index in [4.69, 9.17) is 0 Å². The molecule has 1 aromatic heterocycles. The van der Waals surface area contributed by atoms with Gasteiger partial charge in [0.2, 0.25) is 0 Å². The second kappa shape index (κ2) is 5.63. The molecule has 1 aromatic carbocycles. The van der Waals surface area contributed by atoms with Gasteiger partial charge < -0.3 is 5.11 Å². The minimum atomic E-state index is -0.570. The van der Waals surface area contributed by atoms with Crippen molar-refractivity contribution in [3.05, 3.63) is 54.6 Å². The number of aliphatic hydroxyl groups is 1. The molecule has 1 atom stereocenters. The third kappa shape index (κ3) is 3.05. The Bertz CT molecular complexity index is 422. The first-order valence-corrected chi connectivity index (χ1v) is 5.96. The summed E-state index contributed by atoms with van der Waals surface area (Å²) in [5.41, 5.74) is 0.617. The van der Waals surface area contributed by atoms with Crippen molar-refractivity contribution >= 4 is 11.8 Å². The van der Waals surface area contributed by atoms with Crippen molar-refractivity contribution < 1.29 is 5.11 Å². The van der Waals surface area contributed by atoms with Gasteiger partial charge in [0.25, 0.3) is 0 Å². The monoisotopic (exact) mass is 232 g/mol. The standard InChI is InChI=1S/C12H12N2OS/c15-12(11-8-13-6-7-14-11)9-16-10-4-2-1-3-5-10/h1-8,12,15H,9H2. The van der Waals surface area contributed by atoms with E-state index in [1.54, 1.807) is 30.4 Å². The van der Waals surface area contributed by atoms with Gasteiger partial charge in [-0.25, -0.2) is 0 Å². The molecule has 0 bridgehead atoms. The predicted octanol–water partition coefficient (Wildman–Crippen LogP) is 2.30. The molecule has 0 saturated heterocycles. The van der Waals surface area contributed by atoms with Crippen molar-refractivity contribution in [3.8, 4) is 0 Å². The number of nitrogens with zero attached hydrogens (tertiary/aromatic N) is 2. The van der Waals surface area contributed by atoms with Crippen LogP contribution in [0.4, 0.5) is 0 Å². The Morgan fingerprint density at radius 3 is 2.69 bits per heavy atom. The predicted molar refractivity (Wildman–Crippen MR) is 64.2 cm³/mol. The zero-order chi connectivity index (χ0) is 11.2. The van der Waals surface area contributed by atoms with E-state index >= 15 is 0 Å². The summed E-state index contributed by atoms with van der Waals surface area (Å²) in [5.74, 6) is 0.586. The third-order valence-electron chi connectivity index (χ3n) is 2.08. The first kappa shape index (κ1) is 11.1. The molecule has 1 N–H and O–H groups in total. The Labute approximate surface area is 98.6 Å². The molecule has 0 amide bonds. The quantitative estimate of drug-likeness (QED) is 0.822. The molecule has 1 unspecified atom stereocenters. The van der Waals surface area contributed by atoms with Crippen LogP contribution in [0.15, 0.2) is 53.8 Å². The Morgan fingerprint density at radius 2 is 2.00 bits per heavy atom.